The van der Waals surface area contributed by atoms with E-state index in [4.69, 9.17) is 4.52 Å². The first-order chi connectivity index (χ1) is 9.75. The molecule has 3 rings (SSSR count). The first-order valence-corrected chi connectivity index (χ1v) is 7.30. The number of piperidine rings is 1. The third kappa shape index (κ3) is 2.60. The monoisotopic (exact) mass is 275 g/mol. The minimum atomic E-state index is 0.548. The predicted molar refractivity (Wildman–Crippen MR) is 77.7 cm³/mol. The molecule has 0 aromatic carbocycles. The molecule has 0 saturated carbocycles. The Balaban J connectivity index is 1.64. The van der Waals surface area contributed by atoms with Crippen LogP contribution in [0.5, 0.6) is 0 Å². The molecule has 20 heavy (non-hydrogen) atoms. The van der Waals surface area contributed by atoms with Gasteiger partial charge in [0.05, 0.1) is 5.69 Å². The number of fused-ring (bicyclic) bond motifs is 1. The second-order valence-electron chi connectivity index (χ2n) is 5.48. The average molecular weight is 275 g/mol. The van der Waals surface area contributed by atoms with Gasteiger partial charge in [-0.25, -0.2) is 4.98 Å². The lowest BCUT2D eigenvalue weighted by molar-refractivity contribution is 0.167. The van der Waals surface area contributed by atoms with Gasteiger partial charge in [0.1, 0.15) is 17.5 Å². The van der Waals surface area contributed by atoms with Crippen molar-refractivity contribution in [2.45, 2.75) is 39.2 Å². The van der Waals surface area contributed by atoms with Crippen LogP contribution in [-0.4, -0.2) is 45.7 Å². The number of likely N-dealkylation sites (tertiary alicyclic amines) is 1. The van der Waals surface area contributed by atoms with Crippen LogP contribution in [-0.2, 0) is 0 Å². The van der Waals surface area contributed by atoms with Crippen molar-refractivity contribution in [1.29, 1.82) is 0 Å². The molecule has 1 fully saturated rings. The molecule has 108 valence electrons. The van der Waals surface area contributed by atoms with Crippen LogP contribution < -0.4 is 5.32 Å². The first kappa shape index (κ1) is 13.3. The summed E-state index contributed by atoms with van der Waals surface area (Å²) in [5.74, 6) is 0.818. The number of nitrogens with zero attached hydrogens (tertiary/aromatic N) is 4. The Kier molecular flexibility index (Phi) is 3.82. The van der Waals surface area contributed by atoms with Gasteiger partial charge in [-0.3, -0.25) is 4.90 Å². The number of aromatic nitrogens is 3. The fourth-order valence-corrected chi connectivity index (χ4v) is 2.86. The molecule has 1 N–H and O–H groups in total. The molecule has 0 radical (unpaired) electrons. The maximum atomic E-state index is 5.15. The fraction of sp³-hybridized carbons (Fsp3) is 0.643. The standard InChI is InChI=1S/C14H21N5O/c1-10-5-3-4-7-19(10)8-6-15-13-12-11(2)18-20-14(12)17-9-16-13/h9-10H,3-8H2,1-2H3,(H,15,16,17). The lowest BCUT2D eigenvalue weighted by Gasteiger charge is -2.33. The van der Waals surface area contributed by atoms with Crippen molar-refractivity contribution >= 4 is 16.9 Å². The Morgan fingerprint density at radius 2 is 2.30 bits per heavy atom. The van der Waals surface area contributed by atoms with Crippen molar-refractivity contribution in [3.63, 3.8) is 0 Å². The molecule has 1 aliphatic rings. The van der Waals surface area contributed by atoms with E-state index in [-0.39, 0.29) is 0 Å². The van der Waals surface area contributed by atoms with E-state index in [1.54, 1.807) is 0 Å². The molecule has 1 unspecified atom stereocenters. The molecular formula is C14H21N5O. The van der Waals surface area contributed by atoms with Crippen LogP contribution >= 0.6 is 0 Å². The van der Waals surface area contributed by atoms with Crippen molar-refractivity contribution in [2.24, 2.45) is 0 Å². The molecule has 2 aromatic heterocycles. The number of rotatable bonds is 4. The molecule has 1 atom stereocenters. The zero-order chi connectivity index (χ0) is 13.9. The molecule has 0 spiro atoms. The van der Waals surface area contributed by atoms with Crippen LogP contribution in [0.2, 0.25) is 0 Å². The highest BCUT2D eigenvalue weighted by molar-refractivity contribution is 5.87. The Morgan fingerprint density at radius 3 is 3.15 bits per heavy atom. The average Bonchev–Trinajstić information content (AvgIpc) is 2.84. The molecule has 3 heterocycles. The molecule has 2 aromatic rings. The van der Waals surface area contributed by atoms with Crippen molar-refractivity contribution < 1.29 is 4.52 Å². The number of hydrogen-bond donors (Lipinski definition) is 1. The number of anilines is 1. The van der Waals surface area contributed by atoms with Gasteiger partial charge in [0.2, 0.25) is 0 Å². The Morgan fingerprint density at radius 1 is 1.40 bits per heavy atom. The van der Waals surface area contributed by atoms with Gasteiger partial charge in [-0.2, -0.15) is 4.98 Å². The van der Waals surface area contributed by atoms with E-state index >= 15 is 0 Å². The molecule has 0 amide bonds. The smallest absolute Gasteiger partial charge is 0.263 e. The van der Waals surface area contributed by atoms with Crippen LogP contribution in [0.4, 0.5) is 5.82 Å². The molecule has 1 saturated heterocycles. The largest absolute Gasteiger partial charge is 0.368 e. The third-order valence-electron chi connectivity index (χ3n) is 4.08. The summed E-state index contributed by atoms with van der Waals surface area (Å²) < 4.78 is 5.15. The molecule has 6 nitrogen and oxygen atoms in total. The molecule has 6 heteroatoms. The van der Waals surface area contributed by atoms with Gasteiger partial charge in [-0.1, -0.05) is 11.6 Å². The van der Waals surface area contributed by atoms with Crippen LogP contribution in [0, 0.1) is 6.92 Å². The highest BCUT2D eigenvalue weighted by atomic mass is 16.5. The maximum Gasteiger partial charge on any atom is 0.263 e. The summed E-state index contributed by atoms with van der Waals surface area (Å²) in [5.41, 5.74) is 1.38. The summed E-state index contributed by atoms with van der Waals surface area (Å²) in [6, 6.07) is 0.688. The van der Waals surface area contributed by atoms with Crippen molar-refractivity contribution in [2.75, 3.05) is 25.0 Å². The van der Waals surface area contributed by atoms with Gasteiger partial charge < -0.3 is 9.84 Å². The van der Waals surface area contributed by atoms with E-state index in [9.17, 15) is 0 Å². The van der Waals surface area contributed by atoms with Gasteiger partial charge in [-0.05, 0) is 33.2 Å². The number of aryl methyl sites for hydroxylation is 1. The Bertz CT molecular complexity index is 582. The van der Waals surface area contributed by atoms with E-state index in [1.807, 2.05) is 6.92 Å². The Hall–Kier alpha value is -1.69. The van der Waals surface area contributed by atoms with Gasteiger partial charge >= 0.3 is 0 Å². The lowest BCUT2D eigenvalue weighted by Crippen LogP contribution is -2.40. The number of hydrogen-bond acceptors (Lipinski definition) is 6. The third-order valence-corrected chi connectivity index (χ3v) is 4.08. The van der Waals surface area contributed by atoms with Gasteiger partial charge in [0.15, 0.2) is 0 Å². The van der Waals surface area contributed by atoms with Crippen LogP contribution in [0.25, 0.3) is 11.1 Å². The topological polar surface area (TPSA) is 67.1 Å². The second kappa shape index (κ2) is 5.75. The molecular weight excluding hydrogens is 254 g/mol. The van der Waals surface area contributed by atoms with Crippen LogP contribution in [0.1, 0.15) is 31.9 Å². The van der Waals surface area contributed by atoms with E-state index in [0.29, 0.717) is 11.8 Å². The zero-order valence-electron chi connectivity index (χ0n) is 12.1. The van der Waals surface area contributed by atoms with E-state index in [0.717, 1.165) is 30.0 Å². The predicted octanol–water partition coefficient (Wildman–Crippen LogP) is 2.21. The lowest BCUT2D eigenvalue weighted by atomic mass is 10.0. The van der Waals surface area contributed by atoms with Crippen molar-refractivity contribution in [3.8, 4) is 0 Å². The van der Waals surface area contributed by atoms with Crippen LogP contribution in [0.15, 0.2) is 10.9 Å². The van der Waals surface area contributed by atoms with Gasteiger partial charge in [-0.15, -0.1) is 0 Å². The SMILES string of the molecule is Cc1noc2ncnc(NCCN3CCCCC3C)c12. The van der Waals surface area contributed by atoms with Crippen LogP contribution in [0.3, 0.4) is 0 Å². The van der Waals surface area contributed by atoms with Crippen molar-refractivity contribution in [3.05, 3.63) is 12.0 Å². The first-order valence-electron chi connectivity index (χ1n) is 7.30. The highest BCUT2D eigenvalue weighted by Crippen LogP contribution is 2.22. The van der Waals surface area contributed by atoms with Gasteiger partial charge in [0, 0.05) is 19.1 Å². The Labute approximate surface area is 118 Å². The molecule has 0 aliphatic carbocycles. The van der Waals surface area contributed by atoms with E-state index in [1.165, 1.54) is 32.1 Å². The minimum absolute atomic E-state index is 0.548. The number of nitrogens with one attached hydrogen (secondary N) is 1. The zero-order valence-corrected chi connectivity index (χ0v) is 12.1. The quantitative estimate of drug-likeness (QED) is 0.922. The molecule has 1 aliphatic heterocycles. The summed E-state index contributed by atoms with van der Waals surface area (Å²) in [7, 11) is 0. The van der Waals surface area contributed by atoms with E-state index < -0.39 is 0 Å². The van der Waals surface area contributed by atoms with Gasteiger partial charge in [0.25, 0.3) is 5.71 Å². The normalized spacial score (nSPS) is 20.4. The van der Waals surface area contributed by atoms with E-state index in [2.05, 4.69) is 32.3 Å². The summed E-state index contributed by atoms with van der Waals surface area (Å²) in [6.07, 6.45) is 5.49. The molecule has 0 bridgehead atoms. The summed E-state index contributed by atoms with van der Waals surface area (Å²) in [4.78, 5) is 10.9. The fourth-order valence-electron chi connectivity index (χ4n) is 2.86. The summed E-state index contributed by atoms with van der Waals surface area (Å²) in [6.45, 7) is 7.34. The summed E-state index contributed by atoms with van der Waals surface area (Å²) >= 11 is 0. The summed E-state index contributed by atoms with van der Waals surface area (Å²) in [5, 5.41) is 8.22. The highest BCUT2D eigenvalue weighted by Gasteiger charge is 2.18. The second-order valence-corrected chi connectivity index (χ2v) is 5.48. The minimum Gasteiger partial charge on any atom is -0.368 e. The maximum absolute atomic E-state index is 5.15. The van der Waals surface area contributed by atoms with Crippen molar-refractivity contribution in [1.82, 2.24) is 20.0 Å².